The normalized spacial score (nSPS) is 13.6. The molecule has 0 saturated carbocycles. The van der Waals surface area contributed by atoms with E-state index < -0.39 is 16.0 Å². The molecule has 4 nitrogen and oxygen atoms in total. The number of hydrogen-bond acceptors (Lipinski definition) is 3. The Bertz CT molecular complexity index is 647. The molecule has 1 aromatic heterocycles. The molecule has 2 atom stereocenters. The van der Waals surface area contributed by atoms with Crippen molar-refractivity contribution in [3.8, 4) is 0 Å². The van der Waals surface area contributed by atoms with Crippen molar-refractivity contribution >= 4 is 16.7 Å². The van der Waals surface area contributed by atoms with E-state index in [9.17, 15) is 9.00 Å². The summed E-state index contributed by atoms with van der Waals surface area (Å²) >= 11 is 0. The minimum absolute atomic E-state index is 0.116. The lowest BCUT2D eigenvalue weighted by Crippen LogP contribution is -2.36. The molecule has 1 aromatic carbocycles. The summed E-state index contributed by atoms with van der Waals surface area (Å²) < 4.78 is 18.3. The quantitative estimate of drug-likeness (QED) is 0.821. The molecule has 0 aliphatic heterocycles. The maximum absolute atomic E-state index is 13.0. The van der Waals surface area contributed by atoms with Crippen LogP contribution in [0.25, 0.3) is 0 Å². The Kier molecular flexibility index (Phi) is 5.55. The topological polar surface area (TPSA) is 50.5 Å². The highest BCUT2D eigenvalue weighted by Crippen LogP contribution is 2.29. The molecular weight excluding hydrogens is 298 g/mol. The van der Waals surface area contributed by atoms with Crippen LogP contribution >= 0.6 is 0 Å². The van der Waals surface area contributed by atoms with E-state index in [1.54, 1.807) is 17.9 Å². The van der Waals surface area contributed by atoms with Crippen LogP contribution in [0.3, 0.4) is 0 Å². The number of likely N-dealkylation sites (N-methyl/N-ethyl adjacent to an activating group) is 1. The van der Waals surface area contributed by atoms with Crippen molar-refractivity contribution in [3.63, 3.8) is 0 Å². The van der Waals surface area contributed by atoms with E-state index in [0.717, 1.165) is 5.56 Å². The molecule has 2 rings (SSSR count). The van der Waals surface area contributed by atoms with Crippen LogP contribution in [0.4, 0.5) is 0 Å². The van der Waals surface area contributed by atoms with Crippen LogP contribution in [0.15, 0.2) is 52.0 Å². The second-order valence-corrected chi connectivity index (χ2v) is 6.45. The molecule has 0 radical (unpaired) electrons. The van der Waals surface area contributed by atoms with Gasteiger partial charge in [0.1, 0.15) is 11.0 Å². The molecule has 5 heteroatoms. The lowest BCUT2D eigenvalue weighted by molar-refractivity contribution is -0.130. The highest BCUT2D eigenvalue weighted by Gasteiger charge is 2.32. The summed E-state index contributed by atoms with van der Waals surface area (Å²) in [4.78, 5) is 15.1. The highest BCUT2D eigenvalue weighted by molar-refractivity contribution is 7.86. The van der Waals surface area contributed by atoms with Gasteiger partial charge in [0, 0.05) is 13.1 Å². The Labute approximate surface area is 133 Å². The van der Waals surface area contributed by atoms with E-state index in [1.165, 1.54) is 6.26 Å². The summed E-state index contributed by atoms with van der Waals surface area (Å²) in [5, 5.41) is -0.711. The molecule has 0 aliphatic rings. The minimum Gasteiger partial charge on any atom is -0.468 e. The van der Waals surface area contributed by atoms with Crippen molar-refractivity contribution in [2.75, 3.05) is 13.1 Å². The molecule has 0 unspecified atom stereocenters. The summed E-state index contributed by atoms with van der Waals surface area (Å²) in [7, 11) is -1.49. The average molecular weight is 319 g/mol. The van der Waals surface area contributed by atoms with Gasteiger partial charge in [0.05, 0.1) is 22.0 Å². The molecule has 0 fully saturated rings. The lowest BCUT2D eigenvalue weighted by atomic mass is 10.1. The fraction of sp³-hybridized carbons (Fsp3) is 0.353. The Balaban J connectivity index is 2.45. The number of amides is 1. The highest BCUT2D eigenvalue weighted by atomic mass is 32.2. The van der Waals surface area contributed by atoms with Gasteiger partial charge in [-0.05, 0) is 32.4 Å². The van der Waals surface area contributed by atoms with Gasteiger partial charge in [-0.2, -0.15) is 0 Å². The van der Waals surface area contributed by atoms with Crippen molar-refractivity contribution in [2.24, 2.45) is 0 Å². The second kappa shape index (κ2) is 7.40. The van der Waals surface area contributed by atoms with Gasteiger partial charge >= 0.3 is 0 Å². The Hall–Kier alpha value is -1.88. The van der Waals surface area contributed by atoms with Crippen LogP contribution < -0.4 is 0 Å². The monoisotopic (exact) mass is 319 g/mol. The summed E-state index contributed by atoms with van der Waals surface area (Å²) in [6.45, 7) is 6.81. The molecular formula is C17H21NO3S. The van der Waals surface area contributed by atoms with E-state index in [1.807, 2.05) is 44.2 Å². The first-order valence-corrected chi connectivity index (χ1v) is 8.59. The predicted octanol–water partition coefficient (Wildman–Crippen LogP) is 3.31. The number of furan rings is 1. The van der Waals surface area contributed by atoms with Gasteiger partial charge in [-0.1, -0.05) is 30.3 Å². The van der Waals surface area contributed by atoms with E-state index in [0.29, 0.717) is 23.7 Å². The molecule has 0 bridgehead atoms. The van der Waals surface area contributed by atoms with Gasteiger partial charge in [0.2, 0.25) is 5.91 Å². The van der Waals surface area contributed by atoms with Crippen LogP contribution in [-0.2, 0) is 15.6 Å². The van der Waals surface area contributed by atoms with Gasteiger partial charge in [-0.3, -0.25) is 9.00 Å². The van der Waals surface area contributed by atoms with Crippen molar-refractivity contribution in [2.45, 2.75) is 30.9 Å². The minimum atomic E-state index is -1.49. The number of aryl methyl sites for hydroxylation is 1. The second-order valence-electron chi connectivity index (χ2n) is 4.94. The fourth-order valence-corrected chi connectivity index (χ4v) is 3.91. The van der Waals surface area contributed by atoms with Gasteiger partial charge in [-0.15, -0.1) is 0 Å². The Morgan fingerprint density at radius 1 is 1.18 bits per heavy atom. The van der Waals surface area contributed by atoms with Gasteiger partial charge < -0.3 is 9.32 Å². The molecule has 118 valence electrons. The van der Waals surface area contributed by atoms with E-state index in [-0.39, 0.29) is 5.91 Å². The van der Waals surface area contributed by atoms with E-state index in [4.69, 9.17) is 4.42 Å². The fourth-order valence-electron chi connectivity index (χ4n) is 2.40. The van der Waals surface area contributed by atoms with Crippen molar-refractivity contribution in [1.29, 1.82) is 0 Å². The van der Waals surface area contributed by atoms with Crippen LogP contribution in [0.2, 0.25) is 0 Å². The maximum atomic E-state index is 13.0. The molecule has 0 aliphatic carbocycles. The summed E-state index contributed by atoms with van der Waals surface area (Å²) in [6, 6.07) is 11.0. The molecule has 1 amide bonds. The first-order chi connectivity index (χ1) is 10.6. The van der Waals surface area contributed by atoms with Crippen LogP contribution in [-0.4, -0.2) is 28.1 Å². The third kappa shape index (κ3) is 3.30. The number of rotatable bonds is 6. The summed E-state index contributed by atoms with van der Waals surface area (Å²) in [5.41, 5.74) is 0.762. The summed E-state index contributed by atoms with van der Waals surface area (Å²) in [5.74, 6) is 0.474. The maximum Gasteiger partial charge on any atom is 0.243 e. The molecule has 2 aromatic rings. The third-order valence-corrected chi connectivity index (χ3v) is 5.40. The molecule has 1 heterocycles. The SMILES string of the molecule is CCN(CC)C(=O)[C@H](c1ccccc1)[S@](=O)c1ccoc1C. The molecule has 22 heavy (non-hydrogen) atoms. The first kappa shape index (κ1) is 16.5. The number of hydrogen-bond donors (Lipinski definition) is 0. The molecule has 0 spiro atoms. The standard InChI is InChI=1S/C17H21NO3S/c1-4-18(5-2)17(19)16(14-9-7-6-8-10-14)22(20)15-11-12-21-13(15)3/h6-12,16H,4-5H2,1-3H3/t16-,22+/m0/s1. The number of benzene rings is 1. The first-order valence-electron chi connectivity index (χ1n) is 7.38. The zero-order valence-corrected chi connectivity index (χ0v) is 13.9. The van der Waals surface area contributed by atoms with E-state index in [2.05, 4.69) is 0 Å². The van der Waals surface area contributed by atoms with Crippen LogP contribution in [0.5, 0.6) is 0 Å². The lowest BCUT2D eigenvalue weighted by Gasteiger charge is -2.25. The molecule has 0 saturated heterocycles. The Morgan fingerprint density at radius 3 is 2.32 bits per heavy atom. The largest absolute Gasteiger partial charge is 0.468 e. The number of carbonyl (C=O) groups excluding carboxylic acids is 1. The van der Waals surface area contributed by atoms with Gasteiger partial charge in [-0.25, -0.2) is 0 Å². The number of carbonyl (C=O) groups is 1. The molecule has 0 N–H and O–H groups in total. The Morgan fingerprint density at radius 2 is 1.82 bits per heavy atom. The van der Waals surface area contributed by atoms with Crippen LogP contribution in [0, 0.1) is 6.92 Å². The zero-order valence-electron chi connectivity index (χ0n) is 13.1. The zero-order chi connectivity index (χ0) is 16.1. The third-order valence-electron chi connectivity index (χ3n) is 3.64. The van der Waals surface area contributed by atoms with Crippen molar-refractivity contribution in [3.05, 3.63) is 54.0 Å². The predicted molar refractivity (Wildman–Crippen MR) is 87.0 cm³/mol. The average Bonchev–Trinajstić information content (AvgIpc) is 2.96. The van der Waals surface area contributed by atoms with Crippen LogP contribution in [0.1, 0.15) is 30.4 Å². The smallest absolute Gasteiger partial charge is 0.243 e. The van der Waals surface area contributed by atoms with Crippen molar-refractivity contribution in [1.82, 2.24) is 4.90 Å². The number of nitrogens with zero attached hydrogens (tertiary/aromatic N) is 1. The summed E-state index contributed by atoms with van der Waals surface area (Å²) in [6.07, 6.45) is 1.51. The van der Waals surface area contributed by atoms with Gasteiger partial charge in [0.15, 0.2) is 0 Å². The van der Waals surface area contributed by atoms with Crippen molar-refractivity contribution < 1.29 is 13.4 Å². The van der Waals surface area contributed by atoms with Gasteiger partial charge in [0.25, 0.3) is 0 Å². The van der Waals surface area contributed by atoms with E-state index >= 15 is 0 Å².